The predicted octanol–water partition coefficient (Wildman–Crippen LogP) is 2.94. The van der Waals surface area contributed by atoms with E-state index in [2.05, 4.69) is 29.2 Å². The van der Waals surface area contributed by atoms with Gasteiger partial charge in [0, 0.05) is 55.4 Å². The van der Waals surface area contributed by atoms with E-state index < -0.39 is 11.5 Å². The Morgan fingerprint density at radius 1 is 1.13 bits per heavy atom. The third kappa shape index (κ3) is 5.11. The highest BCUT2D eigenvalue weighted by molar-refractivity contribution is 5.97. The van der Waals surface area contributed by atoms with Crippen LogP contribution in [0.1, 0.15) is 87.8 Å². The number of carbonyl (C=O) groups is 2. The zero-order valence-electron chi connectivity index (χ0n) is 23.9. The molecule has 10 nitrogen and oxygen atoms in total. The van der Waals surface area contributed by atoms with E-state index in [1.54, 1.807) is 23.6 Å². The molecule has 2 aliphatic heterocycles. The van der Waals surface area contributed by atoms with Crippen LogP contribution in [0.5, 0.6) is 5.88 Å². The van der Waals surface area contributed by atoms with Crippen molar-refractivity contribution in [2.24, 2.45) is 5.92 Å². The maximum Gasteiger partial charge on any atom is 0.291 e. The summed E-state index contributed by atoms with van der Waals surface area (Å²) in [4.78, 5) is 44.3. The first-order valence-corrected chi connectivity index (χ1v) is 14.4. The third-order valence-corrected chi connectivity index (χ3v) is 8.62. The number of aromatic hydroxyl groups is 1. The second-order valence-electron chi connectivity index (χ2n) is 12.3. The maximum atomic E-state index is 13.6. The number of likely N-dealkylation sites (tertiary alicyclic amines) is 2. The van der Waals surface area contributed by atoms with Gasteiger partial charge >= 0.3 is 0 Å². The van der Waals surface area contributed by atoms with Gasteiger partial charge in [-0.15, -0.1) is 0 Å². The minimum Gasteiger partial charge on any atom is -0.494 e. The highest BCUT2D eigenvalue weighted by Crippen LogP contribution is 2.39. The number of hydrogen-bond acceptors (Lipinski definition) is 6. The smallest absolute Gasteiger partial charge is 0.291 e. The molecule has 39 heavy (non-hydrogen) atoms. The van der Waals surface area contributed by atoms with Gasteiger partial charge in [-0.2, -0.15) is 9.61 Å². The van der Waals surface area contributed by atoms with Gasteiger partial charge < -0.3 is 20.2 Å². The van der Waals surface area contributed by atoms with E-state index in [1.807, 2.05) is 18.7 Å². The van der Waals surface area contributed by atoms with Gasteiger partial charge in [-0.3, -0.25) is 19.0 Å². The third-order valence-electron chi connectivity index (χ3n) is 8.62. The topological polar surface area (TPSA) is 112 Å². The SMILES string of the molecule is Cc1nn2c(=O)c(C(=O)NC3CC3)c(O)n(CC(C)C)c2c1/C=C/C(=O)N1CCCC12CCN(C(C)C)CC2. The molecule has 10 heteroatoms. The number of fused-ring (bicyclic) bond motifs is 1. The molecule has 1 spiro atoms. The van der Waals surface area contributed by atoms with Gasteiger partial charge in [0.25, 0.3) is 11.5 Å². The summed E-state index contributed by atoms with van der Waals surface area (Å²) in [5, 5.41) is 18.4. The lowest BCUT2D eigenvalue weighted by atomic mass is 9.84. The zero-order chi connectivity index (χ0) is 28.1. The Kier molecular flexibility index (Phi) is 7.35. The normalized spacial score (nSPS) is 19.8. The first kappa shape index (κ1) is 27.4. The van der Waals surface area contributed by atoms with E-state index in [-0.39, 0.29) is 34.8 Å². The molecule has 0 bridgehead atoms. The number of amides is 2. The molecule has 2 N–H and O–H groups in total. The molecule has 1 saturated carbocycles. The van der Waals surface area contributed by atoms with E-state index in [9.17, 15) is 19.5 Å². The van der Waals surface area contributed by atoms with E-state index in [4.69, 9.17) is 0 Å². The molecule has 2 saturated heterocycles. The zero-order valence-corrected chi connectivity index (χ0v) is 23.9. The van der Waals surface area contributed by atoms with Gasteiger partial charge in [0.15, 0.2) is 5.56 Å². The number of aromatic nitrogens is 3. The molecule has 0 atom stereocenters. The molecule has 1 aliphatic carbocycles. The van der Waals surface area contributed by atoms with E-state index in [0.29, 0.717) is 29.5 Å². The quantitative estimate of drug-likeness (QED) is 0.525. The summed E-state index contributed by atoms with van der Waals surface area (Å²) in [7, 11) is 0. The first-order valence-electron chi connectivity index (χ1n) is 14.4. The average molecular weight is 539 g/mol. The summed E-state index contributed by atoms with van der Waals surface area (Å²) in [5.74, 6) is -0.860. The number of nitrogens with zero attached hydrogens (tertiary/aromatic N) is 5. The Bertz CT molecular complexity index is 1360. The molecule has 0 aromatic carbocycles. The second-order valence-corrected chi connectivity index (χ2v) is 12.3. The van der Waals surface area contributed by atoms with Gasteiger partial charge in [0.05, 0.1) is 5.69 Å². The molecule has 5 rings (SSSR count). The number of piperidine rings is 1. The van der Waals surface area contributed by atoms with E-state index in [1.165, 1.54) is 4.52 Å². The largest absolute Gasteiger partial charge is 0.494 e. The fourth-order valence-corrected chi connectivity index (χ4v) is 6.29. The van der Waals surface area contributed by atoms with Crippen LogP contribution in [-0.4, -0.2) is 78.2 Å². The minimum absolute atomic E-state index is 0.0355. The van der Waals surface area contributed by atoms with Crippen LogP contribution in [0.2, 0.25) is 0 Å². The molecule has 2 aromatic heterocycles. The van der Waals surface area contributed by atoms with E-state index in [0.717, 1.165) is 58.2 Å². The van der Waals surface area contributed by atoms with Crippen LogP contribution in [-0.2, 0) is 11.3 Å². The summed E-state index contributed by atoms with van der Waals surface area (Å²) in [5.41, 5.74) is 0.478. The Balaban J connectivity index is 1.49. The van der Waals surface area contributed by atoms with Gasteiger partial charge in [0.1, 0.15) is 5.65 Å². The molecule has 4 heterocycles. The lowest BCUT2D eigenvalue weighted by molar-refractivity contribution is -0.131. The number of nitrogens with one attached hydrogen (secondary N) is 1. The van der Waals surface area contributed by atoms with Gasteiger partial charge in [-0.25, -0.2) is 0 Å². The van der Waals surface area contributed by atoms with Crippen LogP contribution in [0.3, 0.4) is 0 Å². The Hall–Kier alpha value is -3.14. The van der Waals surface area contributed by atoms with Crippen molar-refractivity contribution in [3.63, 3.8) is 0 Å². The maximum absolute atomic E-state index is 13.6. The van der Waals surface area contributed by atoms with Gasteiger partial charge in [-0.1, -0.05) is 13.8 Å². The lowest BCUT2D eigenvalue weighted by Gasteiger charge is -2.45. The lowest BCUT2D eigenvalue weighted by Crippen LogP contribution is -2.54. The minimum atomic E-state index is -0.662. The standard InChI is InChI=1S/C29H42N6O4/c1-18(2)17-33-26-22(20(5)31-35(26)28(39)24(27(33)38)25(37)30-21-7-8-21)9-10-23(36)34-14-6-11-29(34)12-15-32(16-13-29)19(3)4/h9-10,18-19,21,38H,6-8,11-17H2,1-5H3,(H,30,37)/b10-9+. The van der Waals surface area contributed by atoms with Crippen molar-refractivity contribution in [3.8, 4) is 5.88 Å². The molecule has 2 aromatic rings. The summed E-state index contributed by atoms with van der Waals surface area (Å²) < 4.78 is 2.78. The monoisotopic (exact) mass is 538 g/mol. The summed E-state index contributed by atoms with van der Waals surface area (Å²) in [6.45, 7) is 13.3. The van der Waals surface area contributed by atoms with Crippen LogP contribution in [0.4, 0.5) is 0 Å². The number of rotatable bonds is 7. The molecular formula is C29H42N6O4. The molecule has 0 unspecified atom stereocenters. The van der Waals surface area contributed by atoms with Crippen molar-refractivity contribution < 1.29 is 14.7 Å². The summed E-state index contributed by atoms with van der Waals surface area (Å²) in [6.07, 6.45) is 9.03. The predicted molar refractivity (Wildman–Crippen MR) is 150 cm³/mol. The summed E-state index contributed by atoms with van der Waals surface area (Å²) >= 11 is 0. The van der Waals surface area contributed by atoms with Crippen LogP contribution >= 0.6 is 0 Å². The number of aryl methyl sites for hydroxylation is 1. The highest BCUT2D eigenvalue weighted by Gasteiger charge is 2.45. The van der Waals surface area contributed by atoms with Gasteiger partial charge in [-0.05, 0) is 71.3 Å². The van der Waals surface area contributed by atoms with E-state index >= 15 is 0 Å². The van der Waals surface area contributed by atoms with Crippen LogP contribution in [0.25, 0.3) is 11.7 Å². The number of hydrogen-bond donors (Lipinski definition) is 2. The fourth-order valence-electron chi connectivity index (χ4n) is 6.29. The van der Waals surface area contributed by atoms with Gasteiger partial charge in [0.2, 0.25) is 11.8 Å². The average Bonchev–Trinajstić information content (AvgIpc) is 3.50. The van der Waals surface area contributed by atoms with Crippen molar-refractivity contribution in [3.05, 3.63) is 33.3 Å². The molecule has 3 aliphatic rings. The molecule has 0 radical (unpaired) electrons. The van der Waals surface area contributed by atoms with Crippen molar-refractivity contribution in [1.29, 1.82) is 0 Å². The molecule has 212 valence electrons. The van der Waals surface area contributed by atoms with Crippen molar-refractivity contribution >= 4 is 23.5 Å². The molecule has 2 amide bonds. The molecular weight excluding hydrogens is 496 g/mol. The van der Waals surface area contributed by atoms with Crippen molar-refractivity contribution in [1.82, 2.24) is 29.3 Å². The number of carbonyl (C=O) groups excluding carboxylic acids is 2. The van der Waals surface area contributed by atoms with Crippen LogP contribution in [0, 0.1) is 12.8 Å². The Morgan fingerprint density at radius 2 is 1.82 bits per heavy atom. The molecule has 3 fully saturated rings. The van der Waals surface area contributed by atoms with Crippen LogP contribution in [0.15, 0.2) is 10.9 Å². The Labute approximate surface area is 229 Å². The fraction of sp³-hybridized carbons (Fsp3) is 0.655. The van der Waals surface area contributed by atoms with Crippen molar-refractivity contribution in [2.45, 2.75) is 97.3 Å². The Morgan fingerprint density at radius 3 is 2.44 bits per heavy atom. The summed E-state index contributed by atoms with van der Waals surface area (Å²) in [6, 6.07) is 0.549. The highest BCUT2D eigenvalue weighted by atomic mass is 16.3. The van der Waals surface area contributed by atoms with Crippen molar-refractivity contribution in [2.75, 3.05) is 19.6 Å². The second kappa shape index (κ2) is 10.4. The van der Waals surface area contributed by atoms with Crippen LogP contribution < -0.4 is 10.9 Å². The first-order chi connectivity index (χ1) is 18.5.